The van der Waals surface area contributed by atoms with Gasteiger partial charge in [0.2, 0.25) is 10.0 Å². The molecule has 1 aromatic carbocycles. The van der Waals surface area contributed by atoms with E-state index in [9.17, 15) is 8.42 Å². The van der Waals surface area contributed by atoms with Gasteiger partial charge in [-0.2, -0.15) is 0 Å². The first-order chi connectivity index (χ1) is 11.2. The zero-order valence-electron chi connectivity index (χ0n) is 15.1. The summed E-state index contributed by atoms with van der Waals surface area (Å²) in [6.45, 7) is 6.05. The number of likely N-dealkylation sites (N-methyl/N-ethyl adjacent to an activating group) is 1. The van der Waals surface area contributed by atoms with E-state index in [0.29, 0.717) is 32.2 Å². The highest BCUT2D eigenvalue weighted by atomic mass is 32.2. The van der Waals surface area contributed by atoms with Gasteiger partial charge in [0.05, 0.1) is 12.8 Å². The minimum Gasteiger partial charge on any atom is -0.492 e. The summed E-state index contributed by atoms with van der Waals surface area (Å²) in [5.41, 5.74) is 2.35. The SMILES string of the molecule is CN=C(NCCNS(C)(=O)=O)N(C)CCOc1cc(C)cc(C)c1. The molecule has 0 amide bonds. The normalized spacial score (nSPS) is 12.1. The van der Waals surface area contributed by atoms with E-state index in [2.05, 4.69) is 21.1 Å². The van der Waals surface area contributed by atoms with Crippen LogP contribution in [-0.4, -0.2) is 65.9 Å². The van der Waals surface area contributed by atoms with Gasteiger partial charge in [-0.1, -0.05) is 6.07 Å². The summed E-state index contributed by atoms with van der Waals surface area (Å²) in [6.07, 6.45) is 1.14. The molecular formula is C16H28N4O3S. The summed E-state index contributed by atoms with van der Waals surface area (Å²) in [6, 6.07) is 6.13. The van der Waals surface area contributed by atoms with Crippen molar-refractivity contribution in [2.24, 2.45) is 4.99 Å². The molecule has 7 nitrogen and oxygen atoms in total. The number of aryl methyl sites for hydroxylation is 2. The molecule has 0 bridgehead atoms. The topological polar surface area (TPSA) is 83.0 Å². The van der Waals surface area contributed by atoms with E-state index in [-0.39, 0.29) is 0 Å². The molecule has 1 rings (SSSR count). The highest BCUT2D eigenvalue weighted by molar-refractivity contribution is 7.88. The summed E-state index contributed by atoms with van der Waals surface area (Å²) in [7, 11) is 0.431. The van der Waals surface area contributed by atoms with Crippen LogP contribution in [-0.2, 0) is 10.0 Å². The minimum absolute atomic E-state index is 0.310. The van der Waals surface area contributed by atoms with E-state index in [1.54, 1.807) is 7.05 Å². The van der Waals surface area contributed by atoms with Crippen LogP contribution in [0, 0.1) is 13.8 Å². The van der Waals surface area contributed by atoms with Crippen molar-refractivity contribution in [1.29, 1.82) is 0 Å². The molecule has 0 spiro atoms. The van der Waals surface area contributed by atoms with Gasteiger partial charge in [-0.05, 0) is 37.1 Å². The first-order valence-electron chi connectivity index (χ1n) is 7.79. The fraction of sp³-hybridized carbons (Fsp3) is 0.562. The lowest BCUT2D eigenvalue weighted by Gasteiger charge is -2.22. The second kappa shape index (κ2) is 9.48. The Kier molecular flexibility index (Phi) is 8.00. The van der Waals surface area contributed by atoms with Gasteiger partial charge in [0.1, 0.15) is 12.4 Å². The van der Waals surface area contributed by atoms with Crippen LogP contribution in [0.5, 0.6) is 5.75 Å². The third kappa shape index (κ3) is 8.16. The molecule has 0 radical (unpaired) electrons. The molecule has 0 saturated carbocycles. The van der Waals surface area contributed by atoms with E-state index in [1.807, 2.05) is 37.9 Å². The summed E-state index contributed by atoms with van der Waals surface area (Å²) in [4.78, 5) is 6.11. The Morgan fingerprint density at radius 2 is 1.83 bits per heavy atom. The lowest BCUT2D eigenvalue weighted by Crippen LogP contribution is -2.43. The molecule has 136 valence electrons. The molecular weight excluding hydrogens is 328 g/mol. The molecule has 0 saturated heterocycles. The van der Waals surface area contributed by atoms with Crippen LogP contribution in [0.4, 0.5) is 0 Å². The maximum absolute atomic E-state index is 11.0. The van der Waals surface area contributed by atoms with Crippen LogP contribution >= 0.6 is 0 Å². The monoisotopic (exact) mass is 356 g/mol. The predicted molar refractivity (Wildman–Crippen MR) is 98.2 cm³/mol. The Hall–Kier alpha value is -1.80. The predicted octanol–water partition coefficient (Wildman–Crippen LogP) is 0.739. The van der Waals surface area contributed by atoms with Gasteiger partial charge in [0.15, 0.2) is 5.96 Å². The van der Waals surface area contributed by atoms with Crippen LogP contribution in [0.15, 0.2) is 23.2 Å². The van der Waals surface area contributed by atoms with Crippen LogP contribution in [0.2, 0.25) is 0 Å². The summed E-state index contributed by atoms with van der Waals surface area (Å²) in [5, 5.41) is 3.10. The van der Waals surface area contributed by atoms with Gasteiger partial charge in [-0.25, -0.2) is 13.1 Å². The molecule has 8 heteroatoms. The Balaban J connectivity index is 2.37. The van der Waals surface area contributed by atoms with Crippen LogP contribution in [0.25, 0.3) is 0 Å². The highest BCUT2D eigenvalue weighted by Crippen LogP contribution is 2.15. The number of ether oxygens (including phenoxy) is 1. The molecule has 24 heavy (non-hydrogen) atoms. The zero-order chi connectivity index (χ0) is 18.2. The second-order valence-electron chi connectivity index (χ2n) is 5.73. The first kappa shape index (κ1) is 20.2. The molecule has 1 aromatic rings. The Bertz CT molecular complexity index is 639. The molecule has 0 heterocycles. The van der Waals surface area contributed by atoms with Crippen LogP contribution in [0.3, 0.4) is 0 Å². The van der Waals surface area contributed by atoms with Crippen LogP contribution < -0.4 is 14.8 Å². The standard InChI is InChI=1S/C16H28N4O3S/c1-13-10-14(2)12-15(11-13)23-9-8-20(4)16(17-3)18-6-7-19-24(5,21)22/h10-12,19H,6-9H2,1-5H3,(H,17,18). The average Bonchev–Trinajstić information content (AvgIpc) is 2.45. The fourth-order valence-electron chi connectivity index (χ4n) is 2.22. The van der Waals surface area contributed by atoms with Gasteiger partial charge < -0.3 is 15.0 Å². The van der Waals surface area contributed by atoms with Crippen molar-refractivity contribution in [3.63, 3.8) is 0 Å². The zero-order valence-corrected chi connectivity index (χ0v) is 15.9. The molecule has 0 fully saturated rings. The number of rotatable bonds is 8. The third-order valence-electron chi connectivity index (χ3n) is 3.24. The smallest absolute Gasteiger partial charge is 0.208 e. The molecule has 0 aliphatic heterocycles. The number of sulfonamides is 1. The third-order valence-corrected chi connectivity index (χ3v) is 3.96. The molecule has 0 aliphatic carbocycles. The number of nitrogens with zero attached hydrogens (tertiary/aromatic N) is 2. The lowest BCUT2D eigenvalue weighted by molar-refractivity contribution is 0.281. The van der Waals surface area contributed by atoms with E-state index < -0.39 is 10.0 Å². The van der Waals surface area contributed by atoms with Gasteiger partial charge in [0.25, 0.3) is 0 Å². The molecule has 0 unspecified atom stereocenters. The Morgan fingerprint density at radius 3 is 2.38 bits per heavy atom. The summed E-state index contributed by atoms with van der Waals surface area (Å²) in [5.74, 6) is 1.55. The van der Waals surface area contributed by atoms with Gasteiger partial charge >= 0.3 is 0 Å². The Morgan fingerprint density at radius 1 is 1.21 bits per heavy atom. The van der Waals surface area contributed by atoms with E-state index in [4.69, 9.17) is 4.74 Å². The van der Waals surface area contributed by atoms with Crippen molar-refractivity contribution in [2.45, 2.75) is 13.8 Å². The van der Waals surface area contributed by atoms with Gasteiger partial charge in [0, 0.05) is 27.2 Å². The number of benzene rings is 1. The number of hydrogen-bond donors (Lipinski definition) is 2. The highest BCUT2D eigenvalue weighted by Gasteiger charge is 2.06. The van der Waals surface area contributed by atoms with E-state index >= 15 is 0 Å². The summed E-state index contributed by atoms with van der Waals surface area (Å²) >= 11 is 0. The number of hydrogen-bond acceptors (Lipinski definition) is 4. The maximum Gasteiger partial charge on any atom is 0.208 e. The van der Waals surface area contributed by atoms with Crippen molar-refractivity contribution in [3.8, 4) is 5.75 Å². The number of guanidine groups is 1. The average molecular weight is 356 g/mol. The van der Waals surface area contributed by atoms with Crippen molar-refractivity contribution < 1.29 is 13.2 Å². The van der Waals surface area contributed by atoms with Crippen molar-refractivity contribution >= 4 is 16.0 Å². The van der Waals surface area contributed by atoms with Gasteiger partial charge in [-0.15, -0.1) is 0 Å². The molecule has 2 N–H and O–H groups in total. The van der Waals surface area contributed by atoms with Crippen LogP contribution in [0.1, 0.15) is 11.1 Å². The Labute approximate surface area is 145 Å². The molecule has 0 aliphatic rings. The van der Waals surface area contributed by atoms with Gasteiger partial charge in [-0.3, -0.25) is 4.99 Å². The van der Waals surface area contributed by atoms with E-state index in [1.165, 1.54) is 11.1 Å². The number of nitrogens with one attached hydrogen (secondary N) is 2. The maximum atomic E-state index is 11.0. The van der Waals surface area contributed by atoms with E-state index in [0.717, 1.165) is 12.0 Å². The molecule has 0 aromatic heterocycles. The quantitative estimate of drug-likeness (QED) is 0.408. The minimum atomic E-state index is -3.16. The van der Waals surface area contributed by atoms with Crippen molar-refractivity contribution in [2.75, 3.05) is 46.6 Å². The summed E-state index contributed by atoms with van der Waals surface area (Å²) < 4.78 is 30.2. The number of aliphatic imine (C=N–C) groups is 1. The fourth-order valence-corrected chi connectivity index (χ4v) is 2.69. The second-order valence-corrected chi connectivity index (χ2v) is 7.57. The van der Waals surface area contributed by atoms with Crippen molar-refractivity contribution in [3.05, 3.63) is 29.3 Å². The van der Waals surface area contributed by atoms with Crippen molar-refractivity contribution in [1.82, 2.24) is 14.9 Å². The largest absolute Gasteiger partial charge is 0.492 e. The molecule has 0 atom stereocenters. The first-order valence-corrected chi connectivity index (χ1v) is 9.68. The lowest BCUT2D eigenvalue weighted by atomic mass is 10.1.